The molecule has 1 rings (SSSR count). The van der Waals surface area contributed by atoms with Crippen LogP contribution in [0.15, 0.2) is 30.3 Å². The monoisotopic (exact) mass is 196 g/mol. The minimum atomic E-state index is 0. The predicted octanol–water partition coefficient (Wildman–Crippen LogP) is 2.46. The molecule has 1 unspecified atom stereocenters. The van der Waals surface area contributed by atoms with Gasteiger partial charge in [-0.2, -0.15) is 0 Å². The van der Waals surface area contributed by atoms with Crippen LogP contribution in [0.2, 0.25) is 0 Å². The van der Waals surface area contributed by atoms with E-state index in [1.165, 1.54) is 5.30 Å². The number of rotatable bonds is 1. The molecule has 0 aliphatic carbocycles. The molecule has 1 atom stereocenters. The summed E-state index contributed by atoms with van der Waals surface area (Å²) in [6.45, 7) is 2.19. The van der Waals surface area contributed by atoms with Gasteiger partial charge >= 0.3 is 0 Å². The SMILES string of the molecule is CPc1ccccc1.Cl.Cl. The third-order valence-corrected chi connectivity index (χ3v) is 1.97. The number of hydrogen-bond donors (Lipinski definition) is 0. The maximum absolute atomic E-state index is 2.19. The lowest BCUT2D eigenvalue weighted by Gasteiger charge is -1.89. The lowest BCUT2D eigenvalue weighted by molar-refractivity contribution is 1.78. The highest BCUT2D eigenvalue weighted by Crippen LogP contribution is 2.00. The molecular formula is C7H11Cl2P. The van der Waals surface area contributed by atoms with Gasteiger partial charge < -0.3 is 0 Å². The molecule has 0 aliphatic heterocycles. The van der Waals surface area contributed by atoms with Crippen molar-refractivity contribution in [3.63, 3.8) is 0 Å². The minimum absolute atomic E-state index is 0. The highest BCUT2D eigenvalue weighted by Gasteiger charge is 1.79. The maximum atomic E-state index is 2.19. The van der Waals surface area contributed by atoms with Gasteiger partial charge in [-0.3, -0.25) is 0 Å². The van der Waals surface area contributed by atoms with E-state index in [0.29, 0.717) is 0 Å². The van der Waals surface area contributed by atoms with E-state index in [1.54, 1.807) is 0 Å². The molecule has 1 aromatic carbocycles. The summed E-state index contributed by atoms with van der Waals surface area (Å²) in [7, 11) is 0.930. The van der Waals surface area contributed by atoms with E-state index >= 15 is 0 Å². The Morgan fingerprint density at radius 2 is 1.50 bits per heavy atom. The van der Waals surface area contributed by atoms with Crippen molar-refractivity contribution in [1.29, 1.82) is 0 Å². The first-order chi connectivity index (χ1) is 3.93. The van der Waals surface area contributed by atoms with Gasteiger partial charge in [-0.15, -0.1) is 24.8 Å². The van der Waals surface area contributed by atoms with E-state index in [-0.39, 0.29) is 24.8 Å². The first kappa shape index (κ1) is 12.9. The van der Waals surface area contributed by atoms with Crippen LogP contribution in [0.3, 0.4) is 0 Å². The Balaban J connectivity index is 0. The number of halogens is 2. The molecule has 0 heterocycles. The second kappa shape index (κ2) is 7.34. The highest BCUT2D eigenvalue weighted by atomic mass is 35.5. The molecule has 0 saturated heterocycles. The predicted molar refractivity (Wildman–Crippen MR) is 54.8 cm³/mol. The molecule has 10 heavy (non-hydrogen) atoms. The Morgan fingerprint density at radius 3 is 1.80 bits per heavy atom. The van der Waals surface area contributed by atoms with Crippen LogP contribution in [0, 0.1) is 0 Å². The first-order valence-electron chi connectivity index (χ1n) is 2.66. The van der Waals surface area contributed by atoms with Crippen molar-refractivity contribution >= 4 is 38.7 Å². The molecule has 0 fully saturated rings. The molecule has 1 aromatic rings. The van der Waals surface area contributed by atoms with Crippen LogP contribution in [0.25, 0.3) is 0 Å². The quantitative estimate of drug-likeness (QED) is 0.606. The van der Waals surface area contributed by atoms with Gasteiger partial charge in [0.05, 0.1) is 0 Å². The third kappa shape index (κ3) is 4.11. The lowest BCUT2D eigenvalue weighted by Crippen LogP contribution is -1.87. The van der Waals surface area contributed by atoms with E-state index in [1.807, 2.05) is 6.07 Å². The summed E-state index contributed by atoms with van der Waals surface area (Å²) in [6.07, 6.45) is 0. The van der Waals surface area contributed by atoms with Gasteiger partial charge in [0, 0.05) is 0 Å². The summed E-state index contributed by atoms with van der Waals surface area (Å²) >= 11 is 0. The van der Waals surface area contributed by atoms with Crippen LogP contribution in [-0.2, 0) is 0 Å². The Kier molecular flexibility index (Phi) is 9.44. The average molecular weight is 197 g/mol. The van der Waals surface area contributed by atoms with Crippen molar-refractivity contribution in [2.45, 2.75) is 0 Å². The Morgan fingerprint density at radius 1 is 1.00 bits per heavy atom. The molecule has 0 aliphatic rings. The van der Waals surface area contributed by atoms with E-state index in [0.717, 1.165) is 8.58 Å². The Bertz CT molecular complexity index is 153. The first-order valence-corrected chi connectivity index (χ1v) is 4.16. The van der Waals surface area contributed by atoms with Crippen LogP contribution < -0.4 is 5.30 Å². The normalized spacial score (nSPS) is 8.50. The summed E-state index contributed by atoms with van der Waals surface area (Å²) in [4.78, 5) is 0. The van der Waals surface area contributed by atoms with E-state index < -0.39 is 0 Å². The van der Waals surface area contributed by atoms with Crippen LogP contribution in [0.1, 0.15) is 0 Å². The Hall–Kier alpha value is 0.230. The van der Waals surface area contributed by atoms with E-state index in [2.05, 4.69) is 30.9 Å². The molecule has 0 amide bonds. The molecule has 3 heteroatoms. The summed E-state index contributed by atoms with van der Waals surface area (Å²) < 4.78 is 0. The summed E-state index contributed by atoms with van der Waals surface area (Å²) in [6, 6.07) is 10.5. The summed E-state index contributed by atoms with van der Waals surface area (Å²) in [5, 5.41) is 1.44. The maximum Gasteiger partial charge on any atom is -0.0274 e. The lowest BCUT2D eigenvalue weighted by atomic mass is 10.4. The van der Waals surface area contributed by atoms with Gasteiger partial charge in [-0.05, 0) is 12.0 Å². The average Bonchev–Trinajstić information content (AvgIpc) is 1.90. The molecule has 0 saturated carbocycles. The zero-order valence-electron chi connectivity index (χ0n) is 5.70. The third-order valence-electron chi connectivity index (χ3n) is 1.06. The zero-order valence-corrected chi connectivity index (χ0v) is 8.34. The van der Waals surface area contributed by atoms with Crippen LogP contribution in [0.5, 0.6) is 0 Å². The molecule has 0 nitrogen and oxygen atoms in total. The molecule has 0 N–H and O–H groups in total. The summed E-state index contributed by atoms with van der Waals surface area (Å²) in [5.41, 5.74) is 0. The topological polar surface area (TPSA) is 0 Å². The molecule has 0 spiro atoms. The van der Waals surface area contributed by atoms with Crippen LogP contribution >= 0.6 is 33.4 Å². The number of hydrogen-bond acceptors (Lipinski definition) is 0. The standard InChI is InChI=1S/C7H9P.2ClH/c1-8-7-5-3-2-4-6-7;;/h2-6,8H,1H3;2*1H. The highest BCUT2D eigenvalue weighted by molar-refractivity contribution is 7.46. The van der Waals surface area contributed by atoms with Crippen molar-refractivity contribution in [1.82, 2.24) is 0 Å². The molecule has 58 valence electrons. The smallest absolute Gasteiger partial charge is 0.0274 e. The van der Waals surface area contributed by atoms with Gasteiger partial charge in [0.2, 0.25) is 0 Å². The van der Waals surface area contributed by atoms with Crippen molar-refractivity contribution in [2.24, 2.45) is 0 Å². The zero-order chi connectivity index (χ0) is 5.82. The largest absolute Gasteiger partial charge is 0.147 e. The van der Waals surface area contributed by atoms with Crippen LogP contribution in [0.4, 0.5) is 0 Å². The summed E-state index contributed by atoms with van der Waals surface area (Å²) in [5.74, 6) is 0. The fourth-order valence-corrected chi connectivity index (χ4v) is 1.13. The molecular weight excluding hydrogens is 186 g/mol. The van der Waals surface area contributed by atoms with E-state index in [4.69, 9.17) is 0 Å². The fourth-order valence-electron chi connectivity index (χ4n) is 0.605. The molecule has 0 bridgehead atoms. The van der Waals surface area contributed by atoms with E-state index in [9.17, 15) is 0 Å². The fraction of sp³-hybridized carbons (Fsp3) is 0.143. The molecule has 0 radical (unpaired) electrons. The van der Waals surface area contributed by atoms with Gasteiger partial charge in [-0.25, -0.2) is 0 Å². The van der Waals surface area contributed by atoms with Gasteiger partial charge in [0.1, 0.15) is 0 Å². The van der Waals surface area contributed by atoms with Crippen molar-refractivity contribution < 1.29 is 0 Å². The second-order valence-electron chi connectivity index (χ2n) is 1.62. The van der Waals surface area contributed by atoms with Gasteiger partial charge in [0.25, 0.3) is 0 Å². The van der Waals surface area contributed by atoms with Crippen molar-refractivity contribution in [3.8, 4) is 0 Å². The van der Waals surface area contributed by atoms with Crippen molar-refractivity contribution in [2.75, 3.05) is 6.66 Å². The second-order valence-corrected chi connectivity index (χ2v) is 2.69. The molecule has 0 aromatic heterocycles. The van der Waals surface area contributed by atoms with Crippen LogP contribution in [-0.4, -0.2) is 6.66 Å². The minimum Gasteiger partial charge on any atom is -0.147 e. The van der Waals surface area contributed by atoms with Gasteiger partial charge in [-0.1, -0.05) is 38.9 Å². The van der Waals surface area contributed by atoms with Crippen molar-refractivity contribution in [3.05, 3.63) is 30.3 Å². The Labute approximate surface area is 76.0 Å². The van der Waals surface area contributed by atoms with Gasteiger partial charge in [0.15, 0.2) is 0 Å². The number of benzene rings is 1.